The van der Waals surface area contributed by atoms with Gasteiger partial charge in [0.15, 0.2) is 5.15 Å². The summed E-state index contributed by atoms with van der Waals surface area (Å²) in [6, 6.07) is 4.87. The van der Waals surface area contributed by atoms with Crippen molar-refractivity contribution in [2.45, 2.75) is 0 Å². The lowest BCUT2D eigenvalue weighted by Crippen LogP contribution is -1.91. The fourth-order valence-electron chi connectivity index (χ4n) is 1.04. The molecule has 0 aliphatic rings. The SMILES string of the molecule is Clc1ccc(Cl)c(Oc2nccnc2Cl)c1. The largest absolute Gasteiger partial charge is 0.435 e. The summed E-state index contributed by atoms with van der Waals surface area (Å²) in [6.07, 6.45) is 2.94. The molecule has 0 amide bonds. The van der Waals surface area contributed by atoms with E-state index >= 15 is 0 Å². The topological polar surface area (TPSA) is 35.0 Å². The highest BCUT2D eigenvalue weighted by Gasteiger charge is 2.08. The first-order valence-corrected chi connectivity index (χ1v) is 5.39. The van der Waals surface area contributed by atoms with Crippen LogP contribution in [0.3, 0.4) is 0 Å². The van der Waals surface area contributed by atoms with Crippen molar-refractivity contribution >= 4 is 34.8 Å². The lowest BCUT2D eigenvalue weighted by Gasteiger charge is -2.07. The Kier molecular flexibility index (Phi) is 3.49. The van der Waals surface area contributed by atoms with Gasteiger partial charge < -0.3 is 4.74 Å². The van der Waals surface area contributed by atoms with Gasteiger partial charge in [-0.2, -0.15) is 0 Å². The molecule has 0 spiro atoms. The quantitative estimate of drug-likeness (QED) is 0.822. The van der Waals surface area contributed by atoms with Gasteiger partial charge in [-0.05, 0) is 12.1 Å². The molecule has 82 valence electrons. The normalized spacial score (nSPS) is 10.2. The molecule has 1 aromatic heterocycles. The average Bonchev–Trinajstić information content (AvgIpc) is 2.27. The summed E-state index contributed by atoms with van der Waals surface area (Å²) in [6.45, 7) is 0. The van der Waals surface area contributed by atoms with Gasteiger partial charge in [-0.1, -0.05) is 34.8 Å². The summed E-state index contributed by atoms with van der Waals surface area (Å²) in [5, 5.41) is 1.10. The van der Waals surface area contributed by atoms with Crippen LogP contribution in [0, 0.1) is 0 Å². The molecule has 0 aliphatic heterocycles. The van der Waals surface area contributed by atoms with E-state index in [9.17, 15) is 0 Å². The fraction of sp³-hybridized carbons (Fsp3) is 0. The zero-order valence-electron chi connectivity index (χ0n) is 7.82. The summed E-state index contributed by atoms with van der Waals surface area (Å²) in [7, 11) is 0. The minimum absolute atomic E-state index is 0.165. The molecule has 0 radical (unpaired) electrons. The van der Waals surface area contributed by atoms with Crippen LogP contribution in [0.1, 0.15) is 0 Å². The number of halogens is 3. The van der Waals surface area contributed by atoms with E-state index in [0.29, 0.717) is 15.8 Å². The first kappa shape index (κ1) is 11.5. The molecule has 6 heteroatoms. The van der Waals surface area contributed by atoms with Crippen LogP contribution in [0.2, 0.25) is 15.2 Å². The Morgan fingerprint density at radius 3 is 2.50 bits per heavy atom. The Morgan fingerprint density at radius 1 is 1.00 bits per heavy atom. The van der Waals surface area contributed by atoms with Gasteiger partial charge in [0.05, 0.1) is 5.02 Å². The van der Waals surface area contributed by atoms with Crippen LogP contribution >= 0.6 is 34.8 Å². The van der Waals surface area contributed by atoms with E-state index in [1.54, 1.807) is 18.2 Å². The third-order valence-electron chi connectivity index (χ3n) is 1.72. The molecule has 0 unspecified atom stereocenters. The van der Waals surface area contributed by atoms with Gasteiger partial charge in [0.2, 0.25) is 0 Å². The van der Waals surface area contributed by atoms with E-state index in [1.807, 2.05) is 0 Å². The Bertz CT molecular complexity index is 519. The summed E-state index contributed by atoms with van der Waals surface area (Å²) in [5.41, 5.74) is 0. The first-order chi connectivity index (χ1) is 7.66. The van der Waals surface area contributed by atoms with E-state index in [-0.39, 0.29) is 11.0 Å². The van der Waals surface area contributed by atoms with Crippen molar-refractivity contribution in [3.63, 3.8) is 0 Å². The molecular weight excluding hydrogens is 270 g/mol. The highest BCUT2D eigenvalue weighted by Crippen LogP contribution is 2.32. The molecule has 1 aromatic carbocycles. The van der Waals surface area contributed by atoms with Gasteiger partial charge in [-0.25, -0.2) is 9.97 Å². The van der Waals surface area contributed by atoms with Gasteiger partial charge in [0.1, 0.15) is 5.75 Å². The predicted octanol–water partition coefficient (Wildman–Crippen LogP) is 4.23. The van der Waals surface area contributed by atoms with Crippen LogP contribution in [0.15, 0.2) is 30.6 Å². The third kappa shape index (κ3) is 2.55. The number of hydrogen-bond acceptors (Lipinski definition) is 3. The Balaban J connectivity index is 2.34. The van der Waals surface area contributed by atoms with Crippen LogP contribution in [-0.4, -0.2) is 9.97 Å². The lowest BCUT2D eigenvalue weighted by molar-refractivity contribution is 0.461. The van der Waals surface area contributed by atoms with Crippen molar-refractivity contribution in [1.29, 1.82) is 0 Å². The van der Waals surface area contributed by atoms with Crippen LogP contribution < -0.4 is 4.74 Å². The van der Waals surface area contributed by atoms with Crippen molar-refractivity contribution < 1.29 is 4.74 Å². The zero-order chi connectivity index (χ0) is 11.5. The van der Waals surface area contributed by atoms with E-state index < -0.39 is 0 Å². The van der Waals surface area contributed by atoms with Gasteiger partial charge >= 0.3 is 0 Å². The summed E-state index contributed by atoms with van der Waals surface area (Å²) >= 11 is 17.5. The smallest absolute Gasteiger partial charge is 0.257 e. The monoisotopic (exact) mass is 274 g/mol. The minimum Gasteiger partial charge on any atom is -0.435 e. The minimum atomic E-state index is 0.165. The van der Waals surface area contributed by atoms with Gasteiger partial charge in [-0.15, -0.1) is 0 Å². The number of ether oxygens (including phenoxy) is 1. The first-order valence-electron chi connectivity index (χ1n) is 4.26. The molecule has 0 fully saturated rings. The summed E-state index contributed by atoms with van der Waals surface area (Å²) in [4.78, 5) is 7.76. The molecule has 0 saturated heterocycles. The zero-order valence-corrected chi connectivity index (χ0v) is 10.1. The maximum absolute atomic E-state index is 5.92. The maximum Gasteiger partial charge on any atom is 0.257 e. The third-order valence-corrected chi connectivity index (χ3v) is 2.53. The second-order valence-corrected chi connectivity index (χ2v) is 4.03. The van der Waals surface area contributed by atoms with Crippen molar-refractivity contribution in [3.05, 3.63) is 45.8 Å². The number of aromatic nitrogens is 2. The van der Waals surface area contributed by atoms with Crippen LogP contribution in [0.4, 0.5) is 0 Å². The standard InChI is InChI=1S/C10H5Cl3N2O/c11-6-1-2-7(12)8(5-6)16-10-9(13)14-3-4-15-10/h1-5H. The van der Waals surface area contributed by atoms with Crippen molar-refractivity contribution in [1.82, 2.24) is 9.97 Å². The molecule has 0 N–H and O–H groups in total. The highest BCUT2D eigenvalue weighted by atomic mass is 35.5. The molecule has 16 heavy (non-hydrogen) atoms. The molecule has 0 bridgehead atoms. The van der Waals surface area contributed by atoms with E-state index in [4.69, 9.17) is 39.5 Å². The molecule has 2 aromatic rings. The van der Waals surface area contributed by atoms with Crippen LogP contribution in [-0.2, 0) is 0 Å². The highest BCUT2D eigenvalue weighted by molar-refractivity contribution is 6.34. The molecular formula is C10H5Cl3N2O. The number of rotatable bonds is 2. The van der Waals surface area contributed by atoms with Crippen molar-refractivity contribution in [2.75, 3.05) is 0 Å². The molecule has 1 heterocycles. The van der Waals surface area contributed by atoms with Gasteiger partial charge in [0.25, 0.3) is 5.88 Å². The number of nitrogens with zero attached hydrogens (tertiary/aromatic N) is 2. The van der Waals surface area contributed by atoms with Crippen molar-refractivity contribution in [3.8, 4) is 11.6 Å². The molecule has 0 atom stereocenters. The van der Waals surface area contributed by atoms with Gasteiger partial charge in [0, 0.05) is 23.5 Å². The summed E-state index contributed by atoms with van der Waals surface area (Å²) < 4.78 is 5.40. The second-order valence-electron chi connectivity index (χ2n) is 2.83. The predicted molar refractivity (Wildman–Crippen MR) is 63.6 cm³/mol. The van der Waals surface area contributed by atoms with Crippen LogP contribution in [0.25, 0.3) is 0 Å². The Hall–Kier alpha value is -1.03. The van der Waals surface area contributed by atoms with Gasteiger partial charge in [-0.3, -0.25) is 0 Å². The van der Waals surface area contributed by atoms with E-state index in [2.05, 4.69) is 9.97 Å². The average molecular weight is 276 g/mol. The second kappa shape index (κ2) is 4.87. The molecule has 3 nitrogen and oxygen atoms in total. The number of hydrogen-bond donors (Lipinski definition) is 0. The Morgan fingerprint density at radius 2 is 1.75 bits per heavy atom. The van der Waals surface area contributed by atoms with E-state index in [0.717, 1.165) is 0 Å². The van der Waals surface area contributed by atoms with Crippen LogP contribution in [0.5, 0.6) is 11.6 Å². The van der Waals surface area contributed by atoms with Crippen molar-refractivity contribution in [2.24, 2.45) is 0 Å². The lowest BCUT2D eigenvalue weighted by atomic mass is 10.3. The Labute approximate surface area is 107 Å². The fourth-order valence-corrected chi connectivity index (χ4v) is 1.50. The van der Waals surface area contributed by atoms with E-state index in [1.165, 1.54) is 12.4 Å². The number of benzene rings is 1. The molecule has 0 saturated carbocycles. The maximum atomic E-state index is 5.92. The summed E-state index contributed by atoms with van der Waals surface area (Å²) in [5.74, 6) is 0.574. The molecule has 0 aliphatic carbocycles. The molecule has 2 rings (SSSR count).